The van der Waals surface area contributed by atoms with Gasteiger partial charge in [0.05, 0.1) is 6.04 Å². The van der Waals surface area contributed by atoms with Gasteiger partial charge in [-0.25, -0.2) is 0 Å². The summed E-state index contributed by atoms with van der Waals surface area (Å²) < 4.78 is 0. The predicted octanol–water partition coefficient (Wildman–Crippen LogP) is 2.08. The highest BCUT2D eigenvalue weighted by atomic mass is 16.2. The maximum absolute atomic E-state index is 12.2. The van der Waals surface area contributed by atoms with Crippen molar-refractivity contribution in [1.29, 1.82) is 0 Å². The third kappa shape index (κ3) is 1.68. The molecular formula is C15H13NO2. The van der Waals surface area contributed by atoms with Crippen molar-refractivity contribution in [2.24, 2.45) is 0 Å². The number of carbonyl (C=O) groups excluding carboxylic acids is 2. The number of fused-ring (bicyclic) bond motifs is 2. The van der Waals surface area contributed by atoms with Crippen molar-refractivity contribution in [2.75, 3.05) is 0 Å². The Bertz CT molecular complexity index is 661. The Morgan fingerprint density at radius 2 is 1.89 bits per heavy atom. The maximum atomic E-state index is 12.2. The number of nitrogens with one attached hydrogen (secondary N) is 1. The zero-order chi connectivity index (χ0) is 12.7. The van der Waals surface area contributed by atoms with Gasteiger partial charge < -0.3 is 5.32 Å². The van der Waals surface area contributed by atoms with E-state index in [1.54, 1.807) is 0 Å². The number of amides is 1. The van der Waals surface area contributed by atoms with E-state index in [-0.39, 0.29) is 11.7 Å². The van der Waals surface area contributed by atoms with E-state index in [0.29, 0.717) is 6.42 Å². The van der Waals surface area contributed by atoms with Crippen molar-refractivity contribution in [1.82, 2.24) is 5.32 Å². The van der Waals surface area contributed by atoms with Crippen LogP contribution in [-0.2, 0) is 11.2 Å². The first kappa shape index (κ1) is 11.0. The van der Waals surface area contributed by atoms with Crippen molar-refractivity contribution >= 4 is 22.5 Å². The minimum atomic E-state index is -0.394. The Labute approximate surface area is 105 Å². The van der Waals surface area contributed by atoms with Crippen LogP contribution in [0.4, 0.5) is 0 Å². The molecule has 2 aromatic rings. The molecule has 18 heavy (non-hydrogen) atoms. The largest absolute Gasteiger partial charge is 0.346 e. The molecule has 0 aliphatic heterocycles. The molecule has 2 aromatic carbocycles. The minimum absolute atomic E-state index is 0.0194. The predicted molar refractivity (Wildman–Crippen MR) is 69.6 cm³/mol. The van der Waals surface area contributed by atoms with Crippen molar-refractivity contribution in [3.63, 3.8) is 0 Å². The van der Waals surface area contributed by atoms with Crippen molar-refractivity contribution in [3.05, 3.63) is 47.5 Å². The molecule has 1 aliphatic carbocycles. The molecular weight excluding hydrogens is 226 g/mol. The summed E-state index contributed by atoms with van der Waals surface area (Å²) in [6, 6.07) is 11.5. The molecule has 3 rings (SSSR count). The molecule has 0 unspecified atom stereocenters. The Morgan fingerprint density at radius 1 is 1.22 bits per heavy atom. The normalized spacial score (nSPS) is 17.8. The van der Waals surface area contributed by atoms with Crippen LogP contribution in [0, 0.1) is 0 Å². The standard InChI is InChI=1S/C15H13NO2/c1-9(17)16-14-8-12-6-10-4-2-3-5-11(10)7-13(12)15(14)18/h2-7,14H,8H2,1H3,(H,16,17)/t14-/m0/s1. The lowest BCUT2D eigenvalue weighted by Crippen LogP contribution is -2.37. The molecule has 0 aromatic heterocycles. The summed E-state index contributed by atoms with van der Waals surface area (Å²) in [7, 11) is 0. The first-order valence-electron chi connectivity index (χ1n) is 5.98. The van der Waals surface area contributed by atoms with E-state index in [1.165, 1.54) is 6.92 Å². The molecule has 1 aliphatic rings. The molecule has 3 nitrogen and oxygen atoms in total. The van der Waals surface area contributed by atoms with Crippen LogP contribution < -0.4 is 5.32 Å². The van der Waals surface area contributed by atoms with Gasteiger partial charge in [-0.3, -0.25) is 9.59 Å². The number of benzene rings is 2. The monoisotopic (exact) mass is 239 g/mol. The molecule has 90 valence electrons. The second-order valence-electron chi connectivity index (χ2n) is 4.68. The molecule has 3 heteroatoms. The van der Waals surface area contributed by atoms with Gasteiger partial charge in [-0.15, -0.1) is 0 Å². The van der Waals surface area contributed by atoms with Crippen LogP contribution in [0.3, 0.4) is 0 Å². The van der Waals surface area contributed by atoms with Crippen molar-refractivity contribution in [3.8, 4) is 0 Å². The quantitative estimate of drug-likeness (QED) is 0.828. The number of carbonyl (C=O) groups is 2. The summed E-state index contributed by atoms with van der Waals surface area (Å²) in [5, 5.41) is 4.90. The van der Waals surface area contributed by atoms with Crippen LogP contribution in [0.15, 0.2) is 36.4 Å². The molecule has 1 atom stereocenters. The van der Waals surface area contributed by atoms with Crippen LogP contribution >= 0.6 is 0 Å². The summed E-state index contributed by atoms with van der Waals surface area (Å²) >= 11 is 0. The third-order valence-corrected chi connectivity index (χ3v) is 3.36. The smallest absolute Gasteiger partial charge is 0.217 e. The van der Waals surface area contributed by atoms with E-state index < -0.39 is 6.04 Å². The molecule has 0 spiro atoms. The SMILES string of the molecule is CC(=O)N[C@H]1Cc2cc3ccccc3cc2C1=O. The summed E-state index contributed by atoms with van der Waals surface area (Å²) in [5.41, 5.74) is 1.77. The average Bonchev–Trinajstić information content (AvgIpc) is 2.63. The number of Topliss-reactive ketones (excluding diaryl/α,β-unsaturated/α-hetero) is 1. The maximum Gasteiger partial charge on any atom is 0.217 e. The van der Waals surface area contributed by atoms with Gasteiger partial charge in [0.2, 0.25) is 5.91 Å². The second-order valence-corrected chi connectivity index (χ2v) is 4.68. The van der Waals surface area contributed by atoms with Crippen molar-refractivity contribution in [2.45, 2.75) is 19.4 Å². The molecule has 1 N–H and O–H groups in total. The van der Waals surface area contributed by atoms with E-state index in [9.17, 15) is 9.59 Å². The fraction of sp³-hybridized carbons (Fsp3) is 0.200. The van der Waals surface area contributed by atoms with Gasteiger partial charge in [-0.05, 0) is 22.4 Å². The van der Waals surface area contributed by atoms with Gasteiger partial charge in [0.25, 0.3) is 0 Å². The molecule has 0 heterocycles. The molecule has 1 amide bonds. The van der Waals surface area contributed by atoms with Gasteiger partial charge >= 0.3 is 0 Å². The lowest BCUT2D eigenvalue weighted by Gasteiger charge is -2.07. The van der Waals surface area contributed by atoms with Crippen LogP contribution in [0.5, 0.6) is 0 Å². The first-order chi connectivity index (χ1) is 8.65. The Hall–Kier alpha value is -2.16. The highest BCUT2D eigenvalue weighted by Crippen LogP contribution is 2.27. The van der Waals surface area contributed by atoms with E-state index in [2.05, 4.69) is 5.32 Å². The zero-order valence-electron chi connectivity index (χ0n) is 10.1. The Kier molecular flexibility index (Phi) is 2.40. The molecule has 0 fully saturated rings. The lowest BCUT2D eigenvalue weighted by molar-refractivity contribution is -0.119. The summed E-state index contributed by atoms with van der Waals surface area (Å²) in [4.78, 5) is 23.2. The summed E-state index contributed by atoms with van der Waals surface area (Å²) in [6.07, 6.45) is 0.596. The number of rotatable bonds is 1. The fourth-order valence-corrected chi connectivity index (χ4v) is 2.55. The lowest BCUT2D eigenvalue weighted by atomic mass is 10.0. The second kappa shape index (κ2) is 3.95. The van der Waals surface area contributed by atoms with E-state index in [0.717, 1.165) is 21.9 Å². The van der Waals surface area contributed by atoms with Crippen molar-refractivity contribution < 1.29 is 9.59 Å². The average molecular weight is 239 g/mol. The molecule has 0 radical (unpaired) electrons. The van der Waals surface area contributed by atoms with E-state index in [1.807, 2.05) is 36.4 Å². The summed E-state index contributed by atoms with van der Waals surface area (Å²) in [6.45, 7) is 1.44. The summed E-state index contributed by atoms with van der Waals surface area (Å²) in [5.74, 6) is -0.142. The van der Waals surface area contributed by atoms with Gasteiger partial charge in [-0.2, -0.15) is 0 Å². The highest BCUT2D eigenvalue weighted by molar-refractivity contribution is 6.08. The zero-order valence-corrected chi connectivity index (χ0v) is 10.1. The highest BCUT2D eigenvalue weighted by Gasteiger charge is 2.31. The third-order valence-electron chi connectivity index (χ3n) is 3.36. The number of hydrogen-bond acceptors (Lipinski definition) is 2. The molecule has 0 saturated carbocycles. The van der Waals surface area contributed by atoms with Gasteiger partial charge in [0.15, 0.2) is 5.78 Å². The fourth-order valence-electron chi connectivity index (χ4n) is 2.55. The van der Waals surface area contributed by atoms with Gasteiger partial charge in [0.1, 0.15) is 0 Å². The topological polar surface area (TPSA) is 46.2 Å². The van der Waals surface area contributed by atoms with E-state index >= 15 is 0 Å². The minimum Gasteiger partial charge on any atom is -0.346 e. The van der Waals surface area contributed by atoms with Crippen LogP contribution in [0.2, 0.25) is 0 Å². The van der Waals surface area contributed by atoms with Crippen LogP contribution in [0.1, 0.15) is 22.8 Å². The van der Waals surface area contributed by atoms with E-state index in [4.69, 9.17) is 0 Å². The molecule has 0 bridgehead atoms. The Morgan fingerprint density at radius 3 is 2.56 bits per heavy atom. The first-order valence-corrected chi connectivity index (χ1v) is 5.98. The Balaban J connectivity index is 2.06. The van der Waals surface area contributed by atoms with Crippen LogP contribution in [-0.4, -0.2) is 17.7 Å². The van der Waals surface area contributed by atoms with Gasteiger partial charge in [-0.1, -0.05) is 30.3 Å². The number of hydrogen-bond donors (Lipinski definition) is 1. The van der Waals surface area contributed by atoms with Gasteiger partial charge in [0, 0.05) is 18.9 Å². The molecule has 0 saturated heterocycles. The van der Waals surface area contributed by atoms with Crippen LogP contribution in [0.25, 0.3) is 10.8 Å². The number of ketones is 1.